The summed E-state index contributed by atoms with van der Waals surface area (Å²) in [5.74, 6) is 0. The van der Waals surface area contributed by atoms with E-state index in [0.717, 1.165) is 6.54 Å². The Morgan fingerprint density at radius 1 is 1.00 bits per heavy atom. The quantitative estimate of drug-likeness (QED) is 0.769. The fraction of sp³-hybridized carbons (Fsp3) is 0.500. The summed E-state index contributed by atoms with van der Waals surface area (Å²) in [6, 6.07) is 10.7. The monoisotopic (exact) mass is 280 g/mol. The van der Waals surface area contributed by atoms with Crippen LogP contribution >= 0.6 is 12.4 Å². The van der Waals surface area contributed by atoms with E-state index in [-0.39, 0.29) is 12.4 Å². The zero-order valence-electron chi connectivity index (χ0n) is 12.0. The predicted octanol–water partition coefficient (Wildman–Crippen LogP) is 4.23. The summed E-state index contributed by atoms with van der Waals surface area (Å²) in [5.41, 5.74) is 1.39. The molecule has 0 radical (unpaired) electrons. The van der Waals surface area contributed by atoms with Crippen LogP contribution in [-0.2, 0) is 6.54 Å². The molecule has 1 heterocycles. The van der Waals surface area contributed by atoms with Gasteiger partial charge in [-0.25, -0.2) is 0 Å². The Kier molecular flexibility index (Phi) is 6.79. The van der Waals surface area contributed by atoms with Crippen molar-refractivity contribution in [3.8, 4) is 0 Å². The van der Waals surface area contributed by atoms with Crippen LogP contribution in [0.1, 0.15) is 38.7 Å². The summed E-state index contributed by atoms with van der Waals surface area (Å²) >= 11 is 0. The first kappa shape index (κ1) is 15.9. The van der Waals surface area contributed by atoms with E-state index in [1.807, 2.05) is 0 Å². The minimum Gasteiger partial charge on any atom is -0.356 e. The average molecular weight is 281 g/mol. The van der Waals surface area contributed by atoms with E-state index < -0.39 is 0 Å². The summed E-state index contributed by atoms with van der Waals surface area (Å²) < 4.78 is 0. The Balaban J connectivity index is 0.00000180. The highest BCUT2D eigenvalue weighted by atomic mass is 35.5. The smallest absolute Gasteiger partial charge is 0.101 e. The van der Waals surface area contributed by atoms with Crippen LogP contribution in [0.4, 0.5) is 0 Å². The highest BCUT2D eigenvalue weighted by Crippen LogP contribution is 2.21. The molecule has 2 nitrogen and oxygen atoms in total. The number of hydrogen-bond acceptors (Lipinski definition) is 2. The van der Waals surface area contributed by atoms with E-state index in [9.17, 15) is 0 Å². The van der Waals surface area contributed by atoms with Crippen LogP contribution in [0, 0.1) is 0 Å². The standard InChI is InChI=1S/C16H24N2.ClH/c1-3-5-11-17-12-13-18(16(17)4-2)14-15-9-7-6-8-10-15;/h6-10,12-13,16H,3-5,11,14H2,1-2H3;1H. The maximum Gasteiger partial charge on any atom is 0.101 e. The van der Waals surface area contributed by atoms with Gasteiger partial charge in [0.05, 0.1) is 0 Å². The fourth-order valence-corrected chi connectivity index (χ4v) is 2.55. The first-order chi connectivity index (χ1) is 8.85. The zero-order valence-corrected chi connectivity index (χ0v) is 12.8. The molecule has 106 valence electrons. The van der Waals surface area contributed by atoms with Gasteiger partial charge in [0.1, 0.15) is 6.17 Å². The number of benzene rings is 1. The molecular formula is C16H25ClN2. The molecule has 2 rings (SSSR count). The zero-order chi connectivity index (χ0) is 12.8. The van der Waals surface area contributed by atoms with Crippen molar-refractivity contribution in [3.63, 3.8) is 0 Å². The van der Waals surface area contributed by atoms with Gasteiger partial charge in [0, 0.05) is 25.5 Å². The third-order valence-corrected chi connectivity index (χ3v) is 3.56. The van der Waals surface area contributed by atoms with E-state index in [0.29, 0.717) is 6.17 Å². The van der Waals surface area contributed by atoms with Crippen molar-refractivity contribution in [2.45, 2.75) is 45.8 Å². The summed E-state index contributed by atoms with van der Waals surface area (Å²) in [7, 11) is 0. The van der Waals surface area contributed by atoms with E-state index in [1.165, 1.54) is 31.4 Å². The Hall–Kier alpha value is -1.15. The number of halogens is 1. The molecule has 0 bridgehead atoms. The van der Waals surface area contributed by atoms with Crippen LogP contribution in [0.5, 0.6) is 0 Å². The van der Waals surface area contributed by atoms with Crippen molar-refractivity contribution in [2.24, 2.45) is 0 Å². The summed E-state index contributed by atoms with van der Waals surface area (Å²) in [6.07, 6.45) is 8.75. The Labute approximate surface area is 123 Å². The van der Waals surface area contributed by atoms with Crippen molar-refractivity contribution < 1.29 is 0 Å². The topological polar surface area (TPSA) is 6.48 Å². The number of hydrogen-bond donors (Lipinski definition) is 0. The van der Waals surface area contributed by atoms with E-state index in [4.69, 9.17) is 0 Å². The summed E-state index contributed by atoms with van der Waals surface area (Å²) in [6.45, 7) is 6.71. The van der Waals surface area contributed by atoms with Gasteiger partial charge < -0.3 is 9.80 Å². The Morgan fingerprint density at radius 3 is 2.32 bits per heavy atom. The lowest BCUT2D eigenvalue weighted by atomic mass is 10.2. The second-order valence-electron chi connectivity index (χ2n) is 4.94. The van der Waals surface area contributed by atoms with E-state index >= 15 is 0 Å². The molecular weight excluding hydrogens is 256 g/mol. The minimum absolute atomic E-state index is 0. The van der Waals surface area contributed by atoms with Gasteiger partial charge in [0.2, 0.25) is 0 Å². The molecule has 0 N–H and O–H groups in total. The van der Waals surface area contributed by atoms with Gasteiger partial charge >= 0.3 is 0 Å². The van der Waals surface area contributed by atoms with Crippen molar-refractivity contribution in [2.75, 3.05) is 6.54 Å². The number of rotatable bonds is 6. The van der Waals surface area contributed by atoms with Crippen LogP contribution in [0.15, 0.2) is 42.7 Å². The molecule has 3 heteroatoms. The van der Waals surface area contributed by atoms with Crippen molar-refractivity contribution in [1.82, 2.24) is 9.80 Å². The molecule has 1 aliphatic rings. The van der Waals surface area contributed by atoms with E-state index in [1.54, 1.807) is 0 Å². The van der Waals surface area contributed by atoms with E-state index in [2.05, 4.69) is 66.4 Å². The SMILES string of the molecule is CCCCN1C=CN(Cc2ccccc2)C1CC.Cl. The molecule has 0 saturated heterocycles. The van der Waals surface area contributed by atoms with Gasteiger partial charge in [0.15, 0.2) is 0 Å². The molecule has 1 aromatic carbocycles. The molecule has 0 spiro atoms. The Bertz CT molecular complexity index is 378. The molecule has 1 unspecified atom stereocenters. The van der Waals surface area contributed by atoms with Gasteiger partial charge in [-0.05, 0) is 18.4 Å². The molecule has 0 fully saturated rings. The molecule has 19 heavy (non-hydrogen) atoms. The third kappa shape index (κ3) is 4.17. The molecule has 0 saturated carbocycles. The molecule has 1 aromatic rings. The van der Waals surface area contributed by atoms with Gasteiger partial charge in [0.25, 0.3) is 0 Å². The Morgan fingerprint density at radius 2 is 1.68 bits per heavy atom. The van der Waals surface area contributed by atoms with Crippen LogP contribution in [-0.4, -0.2) is 22.5 Å². The highest BCUT2D eigenvalue weighted by molar-refractivity contribution is 5.85. The van der Waals surface area contributed by atoms with Crippen molar-refractivity contribution in [3.05, 3.63) is 48.3 Å². The van der Waals surface area contributed by atoms with Gasteiger partial charge in [-0.1, -0.05) is 50.6 Å². The molecule has 0 amide bonds. The number of nitrogens with zero attached hydrogens (tertiary/aromatic N) is 2. The molecule has 1 aliphatic heterocycles. The van der Waals surface area contributed by atoms with Crippen LogP contribution in [0.2, 0.25) is 0 Å². The molecule has 0 aliphatic carbocycles. The van der Waals surface area contributed by atoms with Crippen LogP contribution in [0.25, 0.3) is 0 Å². The summed E-state index contributed by atoms with van der Waals surface area (Å²) in [5, 5.41) is 0. The van der Waals surface area contributed by atoms with Crippen molar-refractivity contribution >= 4 is 12.4 Å². The third-order valence-electron chi connectivity index (χ3n) is 3.56. The largest absolute Gasteiger partial charge is 0.356 e. The van der Waals surface area contributed by atoms with Crippen molar-refractivity contribution in [1.29, 1.82) is 0 Å². The predicted molar refractivity (Wildman–Crippen MR) is 84.1 cm³/mol. The minimum atomic E-state index is 0. The molecule has 0 aromatic heterocycles. The summed E-state index contributed by atoms with van der Waals surface area (Å²) in [4.78, 5) is 4.93. The lowest BCUT2D eigenvalue weighted by molar-refractivity contribution is 0.141. The van der Waals surface area contributed by atoms with Crippen LogP contribution < -0.4 is 0 Å². The van der Waals surface area contributed by atoms with Gasteiger partial charge in [-0.3, -0.25) is 0 Å². The second-order valence-corrected chi connectivity index (χ2v) is 4.94. The highest BCUT2D eigenvalue weighted by Gasteiger charge is 2.23. The van der Waals surface area contributed by atoms with Crippen LogP contribution in [0.3, 0.4) is 0 Å². The average Bonchev–Trinajstić information content (AvgIpc) is 2.79. The maximum absolute atomic E-state index is 2.48. The maximum atomic E-state index is 2.48. The first-order valence-corrected chi connectivity index (χ1v) is 7.09. The first-order valence-electron chi connectivity index (χ1n) is 7.09. The normalized spacial score (nSPS) is 17.7. The van der Waals surface area contributed by atoms with Gasteiger partial charge in [-0.2, -0.15) is 0 Å². The fourth-order valence-electron chi connectivity index (χ4n) is 2.55. The lowest BCUT2D eigenvalue weighted by Crippen LogP contribution is -2.38. The van der Waals surface area contributed by atoms with Gasteiger partial charge in [-0.15, -0.1) is 12.4 Å². The lowest BCUT2D eigenvalue weighted by Gasteiger charge is -2.32. The molecule has 1 atom stereocenters. The second kappa shape index (κ2) is 8.11. The number of unbranched alkanes of at least 4 members (excludes halogenated alkanes) is 1.